The number of allylic oxidation sites excluding steroid dienone is 12. The first kappa shape index (κ1) is 68.4. The highest BCUT2D eigenvalue weighted by atomic mass is 16.7. The minimum absolute atomic E-state index is 0.0754. The minimum atomic E-state index is -2.36. The van der Waals surface area contributed by atoms with Crippen molar-refractivity contribution in [1.29, 1.82) is 0 Å². The van der Waals surface area contributed by atoms with Crippen LogP contribution in [0.4, 0.5) is 5.69 Å². The molecule has 2 bridgehead atoms. The lowest BCUT2D eigenvalue weighted by molar-refractivity contribution is -0.338. The maximum absolute atomic E-state index is 13.3. The Kier molecular flexibility index (Phi) is 29.1. The van der Waals surface area contributed by atoms with Crippen molar-refractivity contribution in [2.75, 3.05) is 19.5 Å². The Morgan fingerprint density at radius 2 is 1.32 bits per heavy atom. The quantitative estimate of drug-likeness (QED) is 0.112. The molecule has 2 fully saturated rings. The topological polar surface area (TPSA) is 355 Å². The van der Waals surface area contributed by atoms with Gasteiger partial charge in [0.2, 0.25) is 0 Å². The number of esters is 2. The lowest BCUT2D eigenvalue weighted by atomic mass is 9.82. The van der Waals surface area contributed by atoms with Crippen LogP contribution in [-0.4, -0.2) is 186 Å². The lowest BCUT2D eigenvalue weighted by Crippen LogP contribution is -2.63. The molecule has 19 unspecified atom stereocenters. The lowest BCUT2D eigenvalue weighted by Gasteiger charge is -2.48. The van der Waals surface area contributed by atoms with Crippen molar-refractivity contribution >= 4 is 29.2 Å². The molecule has 13 N–H and O–H groups in total. The maximum Gasteiger partial charge on any atom is 0.314 e. The number of benzene rings is 1. The van der Waals surface area contributed by atoms with Crippen molar-refractivity contribution in [2.45, 2.75) is 195 Å². The zero-order chi connectivity index (χ0) is 59.8. The second-order valence-corrected chi connectivity index (χ2v) is 21.6. The summed E-state index contributed by atoms with van der Waals surface area (Å²) in [4.78, 5) is 52.5. The van der Waals surface area contributed by atoms with Crippen LogP contribution in [0.1, 0.15) is 108 Å². The SMILES string of the molecule is CNc1ccc(C(=O)CC(O)CCC(C)C2OC(=O)CC(O)CC(=O)CC(O)CC(O)CC(O)CC(O)CC3(O)CC(O)C(C(=O)OC)C(O3)C(OC3OC(C)C(O)C(N)C3O)C/C=C/C=C/C=C/C=C/C=C/C=C\C=C\C2C)cc1. The Bertz CT molecular complexity index is 2320. The van der Waals surface area contributed by atoms with Gasteiger partial charge in [0.15, 0.2) is 17.9 Å². The standard InChI is InChI=1S/C60H88N2O19/c1-36-19-17-15-13-11-9-7-6-8-10-12-14-16-18-20-50(79-59-55(74)53(61)54(73)38(3)78-59)57-52(58(75)77-5)49(71)35-60(76,81-57)34-47(69)31-45(67)29-43(65)27-42(64)28-44(66)30-46(68)33-51(72)80-56(36)37(2)21-26-41(63)32-48(70)39-22-24-40(62-4)25-23-39/h6-19,22-25,36-38,41-43,45-47,49-50,52-57,59,62-65,67-69,71,73-74,76H,20-21,26-35,61H2,1-5H3/b7-6+,10-8+,11-9+,14-12+,15-13-,18-16+,19-17+. The van der Waals surface area contributed by atoms with Crippen LogP contribution in [0, 0.1) is 17.8 Å². The number of ketones is 2. The fraction of sp³-hybridized carbons (Fsp3) is 0.600. The van der Waals surface area contributed by atoms with Gasteiger partial charge < -0.3 is 85.8 Å². The molecule has 0 spiro atoms. The number of carbonyl (C=O) groups excluding carboxylic acids is 4. The molecule has 0 saturated carbocycles. The second-order valence-electron chi connectivity index (χ2n) is 21.6. The Balaban J connectivity index is 1.54. The summed E-state index contributed by atoms with van der Waals surface area (Å²) < 4.78 is 29.1. The van der Waals surface area contributed by atoms with E-state index < -0.39 is 172 Å². The number of aliphatic hydroxyl groups excluding tert-OH is 9. The Labute approximate surface area is 474 Å². The van der Waals surface area contributed by atoms with Crippen molar-refractivity contribution < 1.29 is 93.9 Å². The highest BCUT2D eigenvalue weighted by molar-refractivity contribution is 5.96. The fourth-order valence-corrected chi connectivity index (χ4v) is 10.2. The Morgan fingerprint density at radius 1 is 0.753 bits per heavy atom. The number of cyclic esters (lactones) is 1. The highest BCUT2D eigenvalue weighted by Gasteiger charge is 2.54. The minimum Gasteiger partial charge on any atom is -0.469 e. The fourth-order valence-electron chi connectivity index (χ4n) is 10.2. The molecule has 1 aromatic carbocycles. The number of carbonyl (C=O) groups is 4. The van der Waals surface area contributed by atoms with E-state index in [1.807, 2.05) is 19.9 Å². The van der Waals surface area contributed by atoms with Crippen molar-refractivity contribution in [1.82, 2.24) is 0 Å². The van der Waals surface area contributed by atoms with Crippen LogP contribution in [0.5, 0.6) is 0 Å². The molecule has 1 aromatic rings. The molecule has 0 aromatic heterocycles. The molecule has 19 atom stereocenters. The number of nitrogens with two attached hydrogens (primary N) is 1. The summed E-state index contributed by atoms with van der Waals surface area (Å²) in [5.41, 5.74) is 7.40. The van der Waals surface area contributed by atoms with Crippen LogP contribution in [-0.2, 0) is 38.1 Å². The molecular formula is C60H88N2O19. The summed E-state index contributed by atoms with van der Waals surface area (Å²) in [5, 5.41) is 113. The third kappa shape index (κ3) is 23.2. The first-order valence-electron chi connectivity index (χ1n) is 27.8. The molecule has 452 valence electrons. The Hall–Kier alpha value is -5.08. The normalized spacial score (nSPS) is 37.7. The molecule has 3 aliphatic rings. The van der Waals surface area contributed by atoms with Crippen molar-refractivity contribution in [3.05, 3.63) is 115 Å². The third-order valence-corrected chi connectivity index (χ3v) is 14.6. The summed E-state index contributed by atoms with van der Waals surface area (Å²) in [6.45, 7) is 5.22. The van der Waals surface area contributed by atoms with Gasteiger partial charge >= 0.3 is 11.9 Å². The number of fused-ring (bicyclic) bond motifs is 2. The van der Waals surface area contributed by atoms with Gasteiger partial charge in [0.1, 0.15) is 30.0 Å². The van der Waals surface area contributed by atoms with Gasteiger partial charge in [-0.2, -0.15) is 0 Å². The zero-order valence-electron chi connectivity index (χ0n) is 47.0. The first-order chi connectivity index (χ1) is 38.4. The van der Waals surface area contributed by atoms with E-state index in [0.717, 1.165) is 12.8 Å². The molecule has 0 amide bonds. The van der Waals surface area contributed by atoms with Crippen LogP contribution in [0.25, 0.3) is 0 Å². The van der Waals surface area contributed by atoms with Crippen molar-refractivity contribution in [2.24, 2.45) is 23.5 Å². The van der Waals surface area contributed by atoms with Crippen LogP contribution in [0.2, 0.25) is 0 Å². The number of anilines is 1. The number of methoxy groups -OCH3 is 1. The molecule has 81 heavy (non-hydrogen) atoms. The molecule has 0 radical (unpaired) electrons. The van der Waals surface area contributed by atoms with E-state index in [1.165, 1.54) is 6.92 Å². The summed E-state index contributed by atoms with van der Waals surface area (Å²) in [6, 6.07) is 5.72. The van der Waals surface area contributed by atoms with Gasteiger partial charge in [0.05, 0.1) is 80.6 Å². The second kappa shape index (κ2) is 34.5. The number of Topliss-reactive ketones (excluding diaryl/α,β-unsaturated/α-hetero) is 2. The predicted octanol–water partition coefficient (Wildman–Crippen LogP) is 2.83. The number of ether oxygens (including phenoxy) is 5. The van der Waals surface area contributed by atoms with Gasteiger partial charge in [-0.3, -0.25) is 19.2 Å². The average Bonchev–Trinajstić information content (AvgIpc) is 3.53. The zero-order valence-corrected chi connectivity index (χ0v) is 47.0. The number of hydrogen-bond donors (Lipinski definition) is 12. The van der Waals surface area contributed by atoms with Crippen molar-refractivity contribution in [3.63, 3.8) is 0 Å². The summed E-state index contributed by atoms with van der Waals surface area (Å²) >= 11 is 0. The van der Waals surface area contributed by atoms with E-state index in [2.05, 4.69) is 5.32 Å². The molecular weight excluding hydrogens is 1050 g/mol. The molecule has 0 aliphatic carbocycles. The van der Waals surface area contributed by atoms with Gasteiger partial charge in [-0.15, -0.1) is 0 Å². The van der Waals surface area contributed by atoms with Gasteiger partial charge in [0.25, 0.3) is 0 Å². The molecule has 3 aliphatic heterocycles. The maximum atomic E-state index is 13.3. The van der Waals surface area contributed by atoms with Crippen LogP contribution in [0.15, 0.2) is 109 Å². The summed E-state index contributed by atoms with van der Waals surface area (Å²) in [6.07, 6.45) is 2.45. The molecule has 21 heteroatoms. The predicted molar refractivity (Wildman–Crippen MR) is 299 cm³/mol. The van der Waals surface area contributed by atoms with Gasteiger partial charge in [-0.25, -0.2) is 0 Å². The van der Waals surface area contributed by atoms with Crippen LogP contribution >= 0.6 is 0 Å². The van der Waals surface area contributed by atoms with Gasteiger partial charge in [0, 0.05) is 56.3 Å². The summed E-state index contributed by atoms with van der Waals surface area (Å²) in [7, 11) is 2.86. The van der Waals surface area contributed by atoms with E-state index in [4.69, 9.17) is 29.4 Å². The van der Waals surface area contributed by atoms with Crippen LogP contribution in [0.3, 0.4) is 0 Å². The smallest absolute Gasteiger partial charge is 0.314 e. The first-order valence-corrected chi connectivity index (χ1v) is 27.8. The van der Waals surface area contributed by atoms with Crippen molar-refractivity contribution in [3.8, 4) is 0 Å². The molecule has 21 nitrogen and oxygen atoms in total. The molecule has 4 rings (SSSR count). The van der Waals surface area contributed by atoms with Gasteiger partial charge in [-0.05, 0) is 75.6 Å². The number of aliphatic hydroxyl groups is 10. The number of nitrogens with one attached hydrogen (secondary N) is 1. The van der Waals surface area contributed by atoms with E-state index in [9.17, 15) is 70.2 Å². The number of hydrogen-bond acceptors (Lipinski definition) is 21. The van der Waals surface area contributed by atoms with Gasteiger partial charge in [-0.1, -0.05) is 98.9 Å². The average molecular weight is 1140 g/mol. The Morgan fingerprint density at radius 3 is 1.93 bits per heavy atom. The highest BCUT2D eigenvalue weighted by Crippen LogP contribution is 2.40. The number of rotatable bonds is 11. The third-order valence-electron chi connectivity index (χ3n) is 14.6. The largest absolute Gasteiger partial charge is 0.469 e. The monoisotopic (exact) mass is 1140 g/mol. The van der Waals surface area contributed by atoms with Crippen LogP contribution < -0.4 is 11.1 Å². The van der Waals surface area contributed by atoms with E-state index in [0.29, 0.717) is 12.0 Å². The molecule has 3 heterocycles. The summed E-state index contributed by atoms with van der Waals surface area (Å²) in [5.74, 6) is -7.06. The van der Waals surface area contributed by atoms with E-state index in [-0.39, 0.29) is 36.9 Å². The molecule has 2 saturated heterocycles. The van der Waals surface area contributed by atoms with E-state index >= 15 is 0 Å². The van der Waals surface area contributed by atoms with E-state index in [1.54, 1.807) is 110 Å².